The van der Waals surface area contributed by atoms with Crippen LogP contribution in [-0.2, 0) is 13.1 Å². The molecule has 0 aliphatic carbocycles. The van der Waals surface area contributed by atoms with E-state index in [9.17, 15) is 9.59 Å². The van der Waals surface area contributed by atoms with Gasteiger partial charge in [0, 0.05) is 0 Å². The first-order valence-corrected chi connectivity index (χ1v) is 6.65. The van der Waals surface area contributed by atoms with E-state index in [1.54, 1.807) is 10.0 Å². The van der Waals surface area contributed by atoms with E-state index in [4.69, 9.17) is 5.11 Å². The van der Waals surface area contributed by atoms with E-state index in [1.807, 2.05) is 18.2 Å². The van der Waals surface area contributed by atoms with Crippen LogP contribution in [0.3, 0.4) is 0 Å². The molecule has 0 radical (unpaired) electrons. The van der Waals surface area contributed by atoms with Gasteiger partial charge in [-0.2, -0.15) is 0 Å². The number of hydrogen-bond donors (Lipinski definition) is 1. The minimum absolute atomic E-state index is 0.0378. The van der Waals surface area contributed by atoms with Gasteiger partial charge in [0.25, 0.3) is 5.56 Å². The van der Waals surface area contributed by atoms with Gasteiger partial charge in [-0.1, -0.05) is 28.9 Å². The standard InChI is InChI=1S/C12H10N4O3S/c17-11-8-3-1-2-4-10(8)20-16(11)6-5-15-7-9(12(18)19)13-14-15/h1-4,7H,5-6H2,(H,18,19). The molecule has 0 aliphatic heterocycles. The van der Waals surface area contributed by atoms with Crippen LogP contribution in [0.4, 0.5) is 0 Å². The Morgan fingerprint density at radius 1 is 1.30 bits per heavy atom. The second kappa shape index (κ2) is 4.89. The van der Waals surface area contributed by atoms with Gasteiger partial charge in [-0.25, -0.2) is 9.48 Å². The summed E-state index contributed by atoms with van der Waals surface area (Å²) in [6, 6.07) is 7.41. The fourth-order valence-corrected chi connectivity index (χ4v) is 2.85. The highest BCUT2D eigenvalue weighted by Crippen LogP contribution is 2.15. The minimum Gasteiger partial charge on any atom is -0.476 e. The Balaban J connectivity index is 1.81. The van der Waals surface area contributed by atoms with Crippen LogP contribution < -0.4 is 5.56 Å². The quantitative estimate of drug-likeness (QED) is 0.775. The fourth-order valence-electron chi connectivity index (χ4n) is 1.86. The first kappa shape index (κ1) is 12.5. The molecule has 0 fully saturated rings. The number of hydrogen-bond acceptors (Lipinski definition) is 5. The average Bonchev–Trinajstić information content (AvgIpc) is 3.03. The molecule has 1 aromatic carbocycles. The molecule has 0 spiro atoms. The number of carboxylic acids is 1. The average molecular weight is 290 g/mol. The van der Waals surface area contributed by atoms with Gasteiger partial charge in [0.2, 0.25) is 0 Å². The summed E-state index contributed by atoms with van der Waals surface area (Å²) in [5.41, 5.74) is -0.141. The topological polar surface area (TPSA) is 90.0 Å². The smallest absolute Gasteiger partial charge is 0.358 e. The molecular formula is C12H10N4O3S. The van der Waals surface area contributed by atoms with E-state index in [1.165, 1.54) is 22.4 Å². The zero-order valence-corrected chi connectivity index (χ0v) is 11.1. The third-order valence-corrected chi connectivity index (χ3v) is 3.96. The van der Waals surface area contributed by atoms with Crippen LogP contribution in [0.2, 0.25) is 0 Å². The number of aryl methyl sites for hydroxylation is 2. The van der Waals surface area contributed by atoms with E-state index in [-0.39, 0.29) is 11.3 Å². The lowest BCUT2D eigenvalue weighted by atomic mass is 10.3. The number of rotatable bonds is 4. The molecule has 0 amide bonds. The third-order valence-electron chi connectivity index (χ3n) is 2.84. The van der Waals surface area contributed by atoms with Gasteiger partial charge in [0.1, 0.15) is 0 Å². The minimum atomic E-state index is -1.12. The molecule has 0 bridgehead atoms. The molecule has 0 atom stereocenters. The maximum absolute atomic E-state index is 12.1. The zero-order valence-electron chi connectivity index (χ0n) is 10.3. The lowest BCUT2D eigenvalue weighted by Crippen LogP contribution is -2.16. The molecular weight excluding hydrogens is 280 g/mol. The van der Waals surface area contributed by atoms with Crippen LogP contribution in [0.15, 0.2) is 35.3 Å². The number of aromatic nitrogens is 4. The molecule has 20 heavy (non-hydrogen) atoms. The number of fused-ring (bicyclic) bond motifs is 1. The molecule has 0 saturated carbocycles. The van der Waals surface area contributed by atoms with Gasteiger partial charge in [-0.3, -0.25) is 8.75 Å². The second-order valence-corrected chi connectivity index (χ2v) is 5.23. The Hall–Kier alpha value is -2.48. The molecule has 0 aliphatic rings. The monoisotopic (exact) mass is 290 g/mol. The maximum Gasteiger partial charge on any atom is 0.358 e. The van der Waals surface area contributed by atoms with Crippen molar-refractivity contribution in [2.24, 2.45) is 0 Å². The molecule has 102 valence electrons. The van der Waals surface area contributed by atoms with Crippen molar-refractivity contribution in [2.45, 2.75) is 13.1 Å². The summed E-state index contributed by atoms with van der Waals surface area (Å²) < 4.78 is 3.98. The Bertz CT molecular complexity index is 832. The van der Waals surface area contributed by atoms with Gasteiger partial charge >= 0.3 is 5.97 Å². The largest absolute Gasteiger partial charge is 0.476 e. The highest BCUT2D eigenvalue weighted by Gasteiger charge is 2.10. The van der Waals surface area contributed by atoms with E-state index < -0.39 is 5.97 Å². The highest BCUT2D eigenvalue weighted by atomic mass is 32.1. The molecule has 2 heterocycles. The molecule has 0 unspecified atom stereocenters. The van der Waals surface area contributed by atoms with Crippen molar-refractivity contribution in [3.63, 3.8) is 0 Å². The first-order valence-electron chi connectivity index (χ1n) is 5.87. The molecule has 2 aromatic heterocycles. The highest BCUT2D eigenvalue weighted by molar-refractivity contribution is 7.13. The van der Waals surface area contributed by atoms with Crippen molar-refractivity contribution < 1.29 is 9.90 Å². The molecule has 3 rings (SSSR count). The van der Waals surface area contributed by atoms with Gasteiger partial charge in [0.05, 0.1) is 29.4 Å². The van der Waals surface area contributed by atoms with Crippen molar-refractivity contribution in [1.29, 1.82) is 0 Å². The number of benzene rings is 1. The number of aromatic carboxylic acids is 1. The lowest BCUT2D eigenvalue weighted by Gasteiger charge is -1.99. The summed E-state index contributed by atoms with van der Waals surface area (Å²) in [6.07, 6.45) is 1.35. The van der Waals surface area contributed by atoms with Gasteiger partial charge in [-0.15, -0.1) is 5.10 Å². The van der Waals surface area contributed by atoms with Crippen LogP contribution >= 0.6 is 11.5 Å². The maximum atomic E-state index is 12.1. The number of nitrogens with zero attached hydrogens (tertiary/aromatic N) is 4. The normalized spacial score (nSPS) is 11.0. The SMILES string of the molecule is O=C(O)c1cn(CCn2sc3ccccc3c2=O)nn1. The van der Waals surface area contributed by atoms with E-state index in [0.29, 0.717) is 18.5 Å². The summed E-state index contributed by atoms with van der Waals surface area (Å²) in [7, 11) is 0. The molecule has 3 aromatic rings. The molecule has 8 heteroatoms. The van der Waals surface area contributed by atoms with Gasteiger partial charge in [-0.05, 0) is 12.1 Å². The number of carbonyl (C=O) groups is 1. The summed E-state index contributed by atoms with van der Waals surface area (Å²) >= 11 is 1.38. The van der Waals surface area contributed by atoms with Crippen LogP contribution in [0.5, 0.6) is 0 Å². The van der Waals surface area contributed by atoms with Crippen molar-refractivity contribution in [1.82, 2.24) is 19.0 Å². The predicted molar refractivity (Wildman–Crippen MR) is 73.1 cm³/mol. The third kappa shape index (κ3) is 2.21. The van der Waals surface area contributed by atoms with Crippen molar-refractivity contribution in [3.05, 3.63) is 46.5 Å². The Labute approximate surface area is 116 Å². The van der Waals surface area contributed by atoms with Crippen LogP contribution in [0.25, 0.3) is 10.1 Å². The second-order valence-electron chi connectivity index (χ2n) is 4.17. The summed E-state index contributed by atoms with van der Waals surface area (Å²) in [6.45, 7) is 0.827. The van der Waals surface area contributed by atoms with Gasteiger partial charge < -0.3 is 5.11 Å². The van der Waals surface area contributed by atoms with Crippen LogP contribution in [0.1, 0.15) is 10.5 Å². The first-order chi connectivity index (χ1) is 9.65. The number of carboxylic acid groups (broad SMARTS) is 1. The van der Waals surface area contributed by atoms with Crippen LogP contribution in [-0.4, -0.2) is 30.0 Å². The fraction of sp³-hybridized carbons (Fsp3) is 0.167. The molecule has 7 nitrogen and oxygen atoms in total. The van der Waals surface area contributed by atoms with Crippen molar-refractivity contribution in [3.8, 4) is 0 Å². The van der Waals surface area contributed by atoms with Crippen LogP contribution in [0, 0.1) is 0 Å². The van der Waals surface area contributed by atoms with E-state index in [2.05, 4.69) is 10.3 Å². The lowest BCUT2D eigenvalue weighted by molar-refractivity contribution is 0.0690. The van der Waals surface area contributed by atoms with E-state index in [0.717, 1.165) is 4.70 Å². The molecule has 0 saturated heterocycles. The van der Waals surface area contributed by atoms with Gasteiger partial charge in [0.15, 0.2) is 5.69 Å². The summed E-state index contributed by atoms with van der Waals surface area (Å²) in [4.78, 5) is 22.8. The Kier molecular flexibility index (Phi) is 3.07. The van der Waals surface area contributed by atoms with Crippen molar-refractivity contribution in [2.75, 3.05) is 0 Å². The van der Waals surface area contributed by atoms with Crippen molar-refractivity contribution >= 4 is 27.6 Å². The summed E-state index contributed by atoms with van der Waals surface area (Å²) in [5.74, 6) is -1.12. The van der Waals surface area contributed by atoms with E-state index >= 15 is 0 Å². The Morgan fingerprint density at radius 2 is 2.10 bits per heavy atom. The summed E-state index contributed by atoms with van der Waals surface area (Å²) in [5, 5.41) is 16.7. The Morgan fingerprint density at radius 3 is 2.80 bits per heavy atom. The zero-order chi connectivity index (χ0) is 14.1. The molecule has 1 N–H and O–H groups in total. The predicted octanol–water partition coefficient (Wildman–Crippen LogP) is 1.05.